The summed E-state index contributed by atoms with van der Waals surface area (Å²) in [6.07, 6.45) is 0. The Balaban J connectivity index is 0.000000226. The lowest BCUT2D eigenvalue weighted by molar-refractivity contribution is 0.525. The smallest absolute Gasteiger partial charge is 0.0180 e. The van der Waals surface area contributed by atoms with Gasteiger partial charge in [0.25, 0.3) is 0 Å². The molecular formula is C9H14NO2S-. The fraction of sp³-hybridized carbons (Fsp3) is 0.333. The number of benzene rings is 1. The Morgan fingerprint density at radius 3 is 2.08 bits per heavy atom. The second-order valence-corrected chi connectivity index (χ2v) is 3.15. The normalized spacial score (nSPS) is 11.3. The molecule has 0 fully saturated rings. The van der Waals surface area contributed by atoms with Gasteiger partial charge in [-0.3, -0.25) is 4.21 Å². The minimum absolute atomic E-state index is 0.468. The van der Waals surface area contributed by atoms with Gasteiger partial charge in [-0.1, -0.05) is 42.8 Å². The average molecular weight is 200 g/mol. The first-order valence-corrected chi connectivity index (χ1v) is 5.08. The van der Waals surface area contributed by atoms with Crippen LogP contribution in [-0.2, 0) is 11.3 Å². The van der Waals surface area contributed by atoms with Gasteiger partial charge in [0.2, 0.25) is 0 Å². The maximum Gasteiger partial charge on any atom is 0.0180 e. The van der Waals surface area contributed by atoms with Gasteiger partial charge in [0, 0.05) is 17.8 Å². The van der Waals surface area contributed by atoms with Gasteiger partial charge in [-0.25, -0.2) is 4.72 Å². The first kappa shape index (κ1) is 12.3. The fourth-order valence-electron chi connectivity index (χ4n) is 0.652. The van der Waals surface area contributed by atoms with Crippen molar-refractivity contribution in [3.05, 3.63) is 35.9 Å². The van der Waals surface area contributed by atoms with Crippen molar-refractivity contribution in [2.45, 2.75) is 13.8 Å². The Hall–Kier alpha value is -0.710. The van der Waals surface area contributed by atoms with Crippen molar-refractivity contribution in [1.82, 2.24) is 4.72 Å². The van der Waals surface area contributed by atoms with Crippen LogP contribution < -0.4 is 4.72 Å². The van der Waals surface area contributed by atoms with Gasteiger partial charge in [0.05, 0.1) is 0 Å². The second-order valence-electron chi connectivity index (χ2n) is 2.39. The molecule has 0 aliphatic carbocycles. The van der Waals surface area contributed by atoms with Crippen LogP contribution in [-0.4, -0.2) is 15.3 Å². The maximum atomic E-state index is 9.49. The van der Waals surface area contributed by atoms with Crippen molar-refractivity contribution < 1.29 is 8.76 Å². The van der Waals surface area contributed by atoms with E-state index in [-0.39, 0.29) is 0 Å². The zero-order valence-corrected chi connectivity index (χ0v) is 8.64. The molecule has 13 heavy (non-hydrogen) atoms. The Morgan fingerprint density at radius 2 is 1.92 bits per heavy atom. The number of hydrogen-bond donors (Lipinski definition) is 1. The third-order valence-electron chi connectivity index (χ3n) is 1.20. The third kappa shape index (κ3) is 9.20. The van der Waals surface area contributed by atoms with Crippen LogP contribution >= 0.6 is 0 Å². The van der Waals surface area contributed by atoms with E-state index < -0.39 is 11.3 Å². The van der Waals surface area contributed by atoms with Crippen molar-refractivity contribution in [2.24, 2.45) is 0 Å². The van der Waals surface area contributed by atoms with E-state index >= 15 is 0 Å². The van der Waals surface area contributed by atoms with Gasteiger partial charge in [-0.15, -0.1) is 0 Å². The predicted molar refractivity (Wildman–Crippen MR) is 53.8 cm³/mol. The molecule has 0 aromatic heterocycles. The van der Waals surface area contributed by atoms with Gasteiger partial charge in [-0.05, 0) is 6.92 Å². The van der Waals surface area contributed by atoms with E-state index in [4.69, 9.17) is 0 Å². The first-order chi connectivity index (χ1) is 6.16. The van der Waals surface area contributed by atoms with Crippen LogP contribution in [0.1, 0.15) is 12.5 Å². The van der Waals surface area contributed by atoms with Crippen molar-refractivity contribution in [1.29, 1.82) is 0 Å². The Kier molecular flexibility index (Phi) is 7.48. The van der Waals surface area contributed by atoms with Crippen molar-refractivity contribution in [2.75, 3.05) is 6.54 Å². The van der Waals surface area contributed by atoms with Crippen molar-refractivity contribution >= 4 is 11.3 Å². The summed E-state index contributed by atoms with van der Waals surface area (Å²) in [5.74, 6) is 0. The molecule has 1 unspecified atom stereocenters. The summed E-state index contributed by atoms with van der Waals surface area (Å²) in [6.45, 7) is 4.27. The quantitative estimate of drug-likeness (QED) is 0.733. The SMILES string of the molecule is CCNS(=O)[O-].Cc1ccccc1. The largest absolute Gasteiger partial charge is 0.760 e. The summed E-state index contributed by atoms with van der Waals surface area (Å²) in [5.41, 5.74) is 1.32. The lowest BCUT2D eigenvalue weighted by atomic mass is 10.2. The fourth-order valence-corrected chi connectivity index (χ4v) is 0.888. The lowest BCUT2D eigenvalue weighted by Gasteiger charge is -2.00. The average Bonchev–Trinajstić information content (AvgIpc) is 2.06. The Labute approximate surface area is 81.6 Å². The maximum absolute atomic E-state index is 9.49. The molecule has 0 spiro atoms. The minimum atomic E-state index is -2.07. The highest BCUT2D eigenvalue weighted by Crippen LogP contribution is 1.92. The van der Waals surface area contributed by atoms with Crippen LogP contribution in [0, 0.1) is 6.92 Å². The van der Waals surface area contributed by atoms with Gasteiger partial charge in [-0.2, -0.15) is 0 Å². The van der Waals surface area contributed by atoms with Gasteiger partial charge in [0.1, 0.15) is 0 Å². The van der Waals surface area contributed by atoms with E-state index in [1.807, 2.05) is 18.2 Å². The topological polar surface area (TPSA) is 52.2 Å². The van der Waals surface area contributed by atoms with Crippen molar-refractivity contribution in [3.8, 4) is 0 Å². The van der Waals surface area contributed by atoms with Crippen LogP contribution in [0.25, 0.3) is 0 Å². The summed E-state index contributed by atoms with van der Waals surface area (Å²) in [7, 11) is 0. The Morgan fingerprint density at radius 1 is 1.38 bits per heavy atom. The van der Waals surface area contributed by atoms with E-state index in [0.717, 1.165) is 0 Å². The third-order valence-corrected chi connectivity index (χ3v) is 1.73. The number of hydrogen-bond acceptors (Lipinski definition) is 2. The Bertz CT molecular complexity index is 239. The summed E-state index contributed by atoms with van der Waals surface area (Å²) in [5, 5.41) is 0. The van der Waals surface area contributed by atoms with Crippen LogP contribution in [0.15, 0.2) is 30.3 Å². The number of rotatable bonds is 2. The molecule has 0 aliphatic heterocycles. The molecule has 1 N–H and O–H groups in total. The molecule has 0 heterocycles. The van der Waals surface area contributed by atoms with Gasteiger partial charge >= 0.3 is 0 Å². The summed E-state index contributed by atoms with van der Waals surface area (Å²) in [4.78, 5) is 0. The van der Waals surface area contributed by atoms with E-state index in [0.29, 0.717) is 6.54 Å². The van der Waals surface area contributed by atoms with E-state index in [2.05, 4.69) is 23.8 Å². The van der Waals surface area contributed by atoms with E-state index in [1.54, 1.807) is 6.92 Å². The highest BCUT2D eigenvalue weighted by atomic mass is 32.2. The zero-order valence-electron chi connectivity index (χ0n) is 7.82. The second kappa shape index (κ2) is 7.91. The van der Waals surface area contributed by atoms with Crippen LogP contribution in [0.5, 0.6) is 0 Å². The van der Waals surface area contributed by atoms with Crippen molar-refractivity contribution in [3.63, 3.8) is 0 Å². The molecular weight excluding hydrogens is 186 g/mol. The summed E-state index contributed by atoms with van der Waals surface area (Å²) < 4.78 is 21.1. The molecule has 4 heteroatoms. The van der Waals surface area contributed by atoms with Crippen LogP contribution in [0.2, 0.25) is 0 Å². The van der Waals surface area contributed by atoms with Crippen LogP contribution in [0.4, 0.5) is 0 Å². The molecule has 74 valence electrons. The molecule has 1 aromatic rings. The molecule has 0 radical (unpaired) electrons. The molecule has 0 amide bonds. The predicted octanol–water partition coefficient (Wildman–Crippen LogP) is 1.39. The summed E-state index contributed by atoms with van der Waals surface area (Å²) >= 11 is -2.07. The monoisotopic (exact) mass is 200 g/mol. The number of aryl methyl sites for hydroxylation is 1. The number of nitrogens with one attached hydrogen (secondary N) is 1. The molecule has 0 aliphatic rings. The molecule has 1 aromatic carbocycles. The van der Waals surface area contributed by atoms with E-state index in [9.17, 15) is 8.76 Å². The molecule has 3 nitrogen and oxygen atoms in total. The summed E-state index contributed by atoms with van der Waals surface area (Å²) in [6, 6.07) is 10.3. The first-order valence-electron chi connectivity index (χ1n) is 4.01. The van der Waals surface area contributed by atoms with Gasteiger partial charge in [0.15, 0.2) is 0 Å². The molecule has 0 bridgehead atoms. The van der Waals surface area contributed by atoms with Crippen LogP contribution in [0.3, 0.4) is 0 Å². The zero-order chi connectivity index (χ0) is 10.1. The lowest BCUT2D eigenvalue weighted by Crippen LogP contribution is -2.14. The molecule has 1 atom stereocenters. The molecule has 0 saturated heterocycles. The van der Waals surface area contributed by atoms with Gasteiger partial charge < -0.3 is 4.55 Å². The molecule has 0 saturated carbocycles. The minimum Gasteiger partial charge on any atom is -0.760 e. The highest BCUT2D eigenvalue weighted by molar-refractivity contribution is 7.77. The molecule has 1 rings (SSSR count). The highest BCUT2D eigenvalue weighted by Gasteiger charge is 1.72. The van der Waals surface area contributed by atoms with E-state index in [1.165, 1.54) is 5.56 Å². The standard InChI is InChI=1S/C7H8.C2H7NO2S/c1-7-5-3-2-4-6-7;1-2-3-6(4)5/h2-6H,1H3;3H,2H2,1H3,(H,4,5)/p-1.